The van der Waals surface area contributed by atoms with E-state index in [9.17, 15) is 24.0 Å². The molecule has 0 saturated carbocycles. The summed E-state index contributed by atoms with van der Waals surface area (Å²) in [5.74, 6) is -2.49. The molecule has 0 aromatic heterocycles. The maximum Gasteiger partial charge on any atom is 0.254 e. The van der Waals surface area contributed by atoms with Gasteiger partial charge in [0.2, 0.25) is 17.7 Å². The van der Waals surface area contributed by atoms with Gasteiger partial charge in [0.15, 0.2) is 0 Å². The predicted molar refractivity (Wildman–Crippen MR) is 139 cm³/mol. The van der Waals surface area contributed by atoms with Crippen LogP contribution in [0.2, 0.25) is 0 Å². The smallest absolute Gasteiger partial charge is 0.254 e. The molecule has 0 fully saturated rings. The normalized spacial score (nSPS) is 15.5. The van der Waals surface area contributed by atoms with Crippen molar-refractivity contribution in [2.75, 3.05) is 5.32 Å². The Morgan fingerprint density at radius 2 is 1.43 bits per heavy atom. The standard InChI is InChI=1S/C27H38N4O6/c1-16(2)22(24(36)28-17(3)23(35)29-19-10-8-18(14-32)9-11-19)30-25(37)26(4,5)15-27(6,7)31-20(33)12-13-21(31)34/h8-13,16-17,22,32H,14-15H2,1-7H3,(H,28,36)(H,29,35)(H,30,37). The molecular weight excluding hydrogens is 476 g/mol. The number of aliphatic hydroxyl groups excluding tert-OH is 1. The van der Waals surface area contributed by atoms with Gasteiger partial charge >= 0.3 is 0 Å². The minimum atomic E-state index is -1.02. The van der Waals surface area contributed by atoms with Crippen molar-refractivity contribution in [1.29, 1.82) is 0 Å². The van der Waals surface area contributed by atoms with Crippen LogP contribution in [0, 0.1) is 11.3 Å². The number of carbonyl (C=O) groups is 5. The second-order valence-electron chi connectivity index (χ2n) is 11.0. The van der Waals surface area contributed by atoms with E-state index in [2.05, 4.69) is 16.0 Å². The molecule has 0 aliphatic carbocycles. The second-order valence-corrected chi connectivity index (χ2v) is 11.0. The molecule has 2 atom stereocenters. The van der Waals surface area contributed by atoms with Crippen LogP contribution in [-0.4, -0.2) is 57.2 Å². The molecule has 1 aliphatic heterocycles. The molecule has 0 saturated heterocycles. The van der Waals surface area contributed by atoms with Crippen molar-refractivity contribution < 1.29 is 29.1 Å². The van der Waals surface area contributed by atoms with Gasteiger partial charge in [-0.2, -0.15) is 0 Å². The highest BCUT2D eigenvalue weighted by atomic mass is 16.3. The quantitative estimate of drug-likeness (QED) is 0.332. The first-order chi connectivity index (χ1) is 17.1. The fraction of sp³-hybridized carbons (Fsp3) is 0.519. The van der Waals surface area contributed by atoms with Crippen LogP contribution in [0.3, 0.4) is 0 Å². The summed E-state index contributed by atoms with van der Waals surface area (Å²) in [5, 5.41) is 17.3. The average molecular weight is 515 g/mol. The van der Waals surface area contributed by atoms with Gasteiger partial charge in [-0.15, -0.1) is 0 Å². The zero-order valence-electron chi connectivity index (χ0n) is 22.5. The van der Waals surface area contributed by atoms with Crippen LogP contribution in [-0.2, 0) is 30.6 Å². The minimum absolute atomic E-state index is 0.108. The highest BCUT2D eigenvalue weighted by Crippen LogP contribution is 2.34. The van der Waals surface area contributed by atoms with Crippen LogP contribution in [0.25, 0.3) is 0 Å². The molecule has 5 amide bonds. The summed E-state index contributed by atoms with van der Waals surface area (Å²) in [4.78, 5) is 64.4. The number of anilines is 1. The van der Waals surface area contributed by atoms with Gasteiger partial charge < -0.3 is 21.1 Å². The summed E-state index contributed by atoms with van der Waals surface area (Å²) in [5.41, 5.74) is -0.733. The Balaban J connectivity index is 2.03. The number of nitrogens with zero attached hydrogens (tertiary/aromatic N) is 1. The molecule has 37 heavy (non-hydrogen) atoms. The molecule has 4 N–H and O–H groups in total. The summed E-state index contributed by atoms with van der Waals surface area (Å²) >= 11 is 0. The summed E-state index contributed by atoms with van der Waals surface area (Å²) in [6.45, 7) is 11.8. The Bertz CT molecular complexity index is 1060. The van der Waals surface area contributed by atoms with Gasteiger partial charge in [-0.3, -0.25) is 28.9 Å². The Labute approximate surface area is 217 Å². The molecule has 10 nitrogen and oxygen atoms in total. The van der Waals surface area contributed by atoms with Crippen molar-refractivity contribution in [2.24, 2.45) is 11.3 Å². The Morgan fingerprint density at radius 3 is 1.92 bits per heavy atom. The van der Waals surface area contributed by atoms with Gasteiger partial charge in [0.25, 0.3) is 11.8 Å². The zero-order valence-corrected chi connectivity index (χ0v) is 22.5. The predicted octanol–water partition coefficient (Wildman–Crippen LogP) is 1.88. The number of rotatable bonds is 11. The lowest BCUT2D eigenvalue weighted by molar-refractivity contribution is -0.146. The maximum absolute atomic E-state index is 13.3. The number of benzene rings is 1. The van der Waals surface area contributed by atoms with Crippen LogP contribution in [0.5, 0.6) is 0 Å². The largest absolute Gasteiger partial charge is 0.392 e. The van der Waals surface area contributed by atoms with Crippen molar-refractivity contribution in [1.82, 2.24) is 15.5 Å². The third-order valence-electron chi connectivity index (χ3n) is 6.30. The first-order valence-corrected chi connectivity index (χ1v) is 12.3. The summed E-state index contributed by atoms with van der Waals surface area (Å²) in [6, 6.07) is 4.87. The number of carbonyl (C=O) groups excluding carboxylic acids is 5. The fourth-order valence-electron chi connectivity index (χ4n) is 4.42. The van der Waals surface area contributed by atoms with Gasteiger partial charge in [0, 0.05) is 28.8 Å². The van der Waals surface area contributed by atoms with Crippen molar-refractivity contribution in [2.45, 2.75) is 79.1 Å². The van der Waals surface area contributed by atoms with E-state index in [0.717, 1.165) is 4.90 Å². The molecule has 0 bridgehead atoms. The van der Waals surface area contributed by atoms with Crippen molar-refractivity contribution in [3.63, 3.8) is 0 Å². The van der Waals surface area contributed by atoms with E-state index in [1.165, 1.54) is 12.2 Å². The lowest BCUT2D eigenvalue weighted by atomic mass is 9.78. The van der Waals surface area contributed by atoms with Crippen LogP contribution in [0.1, 0.15) is 60.5 Å². The van der Waals surface area contributed by atoms with E-state index in [1.54, 1.807) is 72.7 Å². The molecule has 0 spiro atoms. The highest BCUT2D eigenvalue weighted by Gasteiger charge is 2.44. The number of hydrogen-bond donors (Lipinski definition) is 4. The first-order valence-electron chi connectivity index (χ1n) is 12.3. The molecule has 0 radical (unpaired) electrons. The van der Waals surface area contributed by atoms with E-state index in [-0.39, 0.29) is 18.9 Å². The third kappa shape index (κ3) is 7.48. The molecule has 2 unspecified atom stereocenters. The Morgan fingerprint density at radius 1 is 0.892 bits per heavy atom. The van der Waals surface area contributed by atoms with E-state index in [1.807, 2.05) is 0 Å². The van der Waals surface area contributed by atoms with Gasteiger partial charge in [0.05, 0.1) is 6.61 Å². The van der Waals surface area contributed by atoms with E-state index in [0.29, 0.717) is 11.3 Å². The highest BCUT2D eigenvalue weighted by molar-refractivity contribution is 6.13. The molecular formula is C27H38N4O6. The van der Waals surface area contributed by atoms with Crippen LogP contribution >= 0.6 is 0 Å². The van der Waals surface area contributed by atoms with Gasteiger partial charge in [-0.25, -0.2) is 0 Å². The topological polar surface area (TPSA) is 145 Å². The molecule has 1 aromatic rings. The fourth-order valence-corrected chi connectivity index (χ4v) is 4.42. The maximum atomic E-state index is 13.3. The number of hydrogen-bond acceptors (Lipinski definition) is 6. The molecule has 10 heteroatoms. The van der Waals surface area contributed by atoms with Gasteiger partial charge in [-0.1, -0.05) is 39.8 Å². The lowest BCUT2D eigenvalue weighted by Crippen LogP contribution is -2.57. The molecule has 1 aromatic carbocycles. The van der Waals surface area contributed by atoms with Crippen LogP contribution in [0.15, 0.2) is 36.4 Å². The molecule has 2 rings (SSSR count). The monoisotopic (exact) mass is 514 g/mol. The van der Waals surface area contributed by atoms with E-state index < -0.39 is 52.6 Å². The van der Waals surface area contributed by atoms with Gasteiger partial charge in [0.1, 0.15) is 12.1 Å². The molecule has 1 heterocycles. The number of nitrogens with one attached hydrogen (secondary N) is 3. The third-order valence-corrected chi connectivity index (χ3v) is 6.30. The number of aliphatic hydroxyl groups is 1. The number of imide groups is 1. The molecule has 202 valence electrons. The van der Waals surface area contributed by atoms with Crippen molar-refractivity contribution in [3.05, 3.63) is 42.0 Å². The molecule has 1 aliphatic rings. The van der Waals surface area contributed by atoms with E-state index >= 15 is 0 Å². The average Bonchev–Trinajstić information content (AvgIpc) is 3.15. The van der Waals surface area contributed by atoms with Crippen molar-refractivity contribution >= 4 is 35.2 Å². The van der Waals surface area contributed by atoms with E-state index in [4.69, 9.17) is 5.11 Å². The Hall–Kier alpha value is -3.53. The number of amides is 5. The minimum Gasteiger partial charge on any atom is -0.392 e. The van der Waals surface area contributed by atoms with Crippen LogP contribution < -0.4 is 16.0 Å². The Kier molecular flexibility index (Phi) is 9.38. The zero-order chi connectivity index (χ0) is 28.1. The summed E-state index contributed by atoms with van der Waals surface area (Å²) < 4.78 is 0. The summed E-state index contributed by atoms with van der Waals surface area (Å²) in [7, 11) is 0. The second kappa shape index (κ2) is 11.7. The lowest BCUT2D eigenvalue weighted by Gasteiger charge is -2.40. The SMILES string of the molecule is CC(NC(=O)C(NC(=O)C(C)(C)CC(C)(C)N1C(=O)C=CC1=O)C(C)C)C(=O)Nc1ccc(CO)cc1. The van der Waals surface area contributed by atoms with Crippen LogP contribution in [0.4, 0.5) is 5.69 Å². The van der Waals surface area contributed by atoms with Crippen molar-refractivity contribution in [3.8, 4) is 0 Å². The first kappa shape index (κ1) is 29.7. The van der Waals surface area contributed by atoms with Gasteiger partial charge in [-0.05, 0) is 50.8 Å². The summed E-state index contributed by atoms with van der Waals surface area (Å²) in [6.07, 6.45) is 2.58.